The van der Waals surface area contributed by atoms with Gasteiger partial charge >= 0.3 is 0 Å². The molecule has 2 amide bonds. The Morgan fingerprint density at radius 1 is 1.07 bits per heavy atom. The number of thiophene rings is 1. The van der Waals surface area contributed by atoms with Gasteiger partial charge in [-0.1, -0.05) is 18.2 Å². The Balaban J connectivity index is 1.33. The second kappa shape index (κ2) is 8.23. The first kappa shape index (κ1) is 18.2. The van der Waals surface area contributed by atoms with Crippen LogP contribution in [0.3, 0.4) is 0 Å². The summed E-state index contributed by atoms with van der Waals surface area (Å²) in [6.07, 6.45) is 2.19. The second-order valence-corrected chi connectivity index (χ2v) is 8.35. The molecule has 0 radical (unpaired) electrons. The first-order valence-electron chi connectivity index (χ1n) is 9.61. The zero-order valence-corrected chi connectivity index (χ0v) is 16.1. The molecule has 1 aromatic heterocycles. The van der Waals surface area contributed by atoms with Gasteiger partial charge in [-0.3, -0.25) is 9.59 Å². The van der Waals surface area contributed by atoms with Crippen LogP contribution in [0.4, 0.5) is 0 Å². The summed E-state index contributed by atoms with van der Waals surface area (Å²) < 4.78 is 0. The van der Waals surface area contributed by atoms with Crippen molar-refractivity contribution in [3.8, 4) is 0 Å². The number of hydrogen-bond donors (Lipinski definition) is 2. The van der Waals surface area contributed by atoms with Crippen molar-refractivity contribution < 1.29 is 9.59 Å². The van der Waals surface area contributed by atoms with Crippen molar-refractivity contribution in [1.29, 1.82) is 0 Å². The molecule has 2 aliphatic rings. The monoisotopic (exact) mass is 383 g/mol. The van der Waals surface area contributed by atoms with Crippen LogP contribution in [-0.2, 0) is 6.54 Å². The molecule has 142 valence electrons. The average Bonchev–Trinajstić information content (AvgIpc) is 3.35. The molecule has 0 bridgehead atoms. The Morgan fingerprint density at radius 3 is 2.41 bits per heavy atom. The summed E-state index contributed by atoms with van der Waals surface area (Å²) in [5.41, 5.74) is 1.72. The number of benzene rings is 1. The van der Waals surface area contributed by atoms with E-state index in [9.17, 15) is 9.59 Å². The minimum atomic E-state index is -0.0604. The molecule has 2 aromatic rings. The Bertz CT molecular complexity index is 774. The van der Waals surface area contributed by atoms with Crippen LogP contribution >= 0.6 is 11.3 Å². The van der Waals surface area contributed by atoms with Crippen molar-refractivity contribution in [3.05, 3.63) is 57.8 Å². The SMILES string of the molecule is O=C(NCc1ccc(C(=O)N2CC[C@@H]3CNC[C@@H]3CC2)cc1)c1cccs1. The topological polar surface area (TPSA) is 61.4 Å². The van der Waals surface area contributed by atoms with E-state index in [4.69, 9.17) is 0 Å². The largest absolute Gasteiger partial charge is 0.347 e. The molecule has 4 rings (SSSR count). The van der Waals surface area contributed by atoms with Gasteiger partial charge in [0.25, 0.3) is 11.8 Å². The quantitative estimate of drug-likeness (QED) is 0.853. The number of carbonyl (C=O) groups excluding carboxylic acids is 2. The smallest absolute Gasteiger partial charge is 0.261 e. The summed E-state index contributed by atoms with van der Waals surface area (Å²) in [6, 6.07) is 11.3. The molecule has 2 N–H and O–H groups in total. The molecule has 0 aliphatic carbocycles. The highest BCUT2D eigenvalue weighted by Gasteiger charge is 2.31. The van der Waals surface area contributed by atoms with E-state index in [2.05, 4.69) is 10.6 Å². The maximum Gasteiger partial charge on any atom is 0.261 e. The molecule has 2 saturated heterocycles. The third-order valence-corrected chi connectivity index (χ3v) is 6.57. The predicted octanol–water partition coefficient (Wildman–Crippen LogP) is 2.75. The lowest BCUT2D eigenvalue weighted by Gasteiger charge is -2.21. The van der Waals surface area contributed by atoms with Gasteiger partial charge in [0, 0.05) is 25.2 Å². The van der Waals surface area contributed by atoms with Crippen LogP contribution in [0, 0.1) is 11.8 Å². The minimum absolute atomic E-state index is 0.0604. The molecular weight excluding hydrogens is 358 g/mol. The molecule has 6 heteroatoms. The van der Waals surface area contributed by atoms with Crippen LogP contribution in [0.25, 0.3) is 0 Å². The molecule has 1 aromatic carbocycles. The van der Waals surface area contributed by atoms with Gasteiger partial charge in [-0.05, 0) is 66.9 Å². The fourth-order valence-electron chi connectivity index (χ4n) is 4.05. The molecule has 0 unspecified atom stereocenters. The molecule has 2 aliphatic heterocycles. The van der Waals surface area contributed by atoms with E-state index in [0.717, 1.165) is 62.0 Å². The lowest BCUT2D eigenvalue weighted by Crippen LogP contribution is -2.32. The van der Waals surface area contributed by atoms with Gasteiger partial charge < -0.3 is 15.5 Å². The molecular formula is C21H25N3O2S. The molecule has 0 saturated carbocycles. The Labute approximate surface area is 163 Å². The van der Waals surface area contributed by atoms with Crippen LogP contribution in [-0.4, -0.2) is 42.9 Å². The van der Waals surface area contributed by atoms with Gasteiger partial charge in [-0.15, -0.1) is 11.3 Å². The van der Waals surface area contributed by atoms with Crippen molar-refractivity contribution in [2.24, 2.45) is 11.8 Å². The van der Waals surface area contributed by atoms with Gasteiger partial charge in [0.2, 0.25) is 0 Å². The highest BCUT2D eigenvalue weighted by Crippen LogP contribution is 2.27. The van der Waals surface area contributed by atoms with Crippen LogP contribution in [0.15, 0.2) is 41.8 Å². The standard InChI is InChI=1S/C21H25N3O2S/c25-20(19-2-1-11-27-19)23-12-15-3-5-16(6-4-15)21(26)24-9-7-17-13-22-14-18(17)8-10-24/h1-6,11,17-18,22H,7-10,12-14H2,(H,23,25)/t17-,18+. The van der Waals surface area contributed by atoms with Gasteiger partial charge in [0.1, 0.15) is 0 Å². The van der Waals surface area contributed by atoms with Gasteiger partial charge in [0.05, 0.1) is 4.88 Å². The number of likely N-dealkylation sites (tertiary alicyclic amines) is 1. The molecule has 5 nitrogen and oxygen atoms in total. The fourth-order valence-corrected chi connectivity index (χ4v) is 4.69. The first-order valence-corrected chi connectivity index (χ1v) is 10.5. The number of rotatable bonds is 4. The minimum Gasteiger partial charge on any atom is -0.347 e. The number of nitrogens with one attached hydrogen (secondary N) is 2. The van der Waals surface area contributed by atoms with Crippen LogP contribution in [0.5, 0.6) is 0 Å². The van der Waals surface area contributed by atoms with Crippen LogP contribution < -0.4 is 10.6 Å². The van der Waals surface area contributed by atoms with Gasteiger partial charge in [-0.2, -0.15) is 0 Å². The zero-order chi connectivity index (χ0) is 18.6. The van der Waals surface area contributed by atoms with Gasteiger partial charge in [0.15, 0.2) is 0 Å². The van der Waals surface area contributed by atoms with Crippen molar-refractivity contribution in [1.82, 2.24) is 15.5 Å². The van der Waals surface area contributed by atoms with Crippen molar-refractivity contribution in [2.45, 2.75) is 19.4 Å². The summed E-state index contributed by atoms with van der Waals surface area (Å²) in [5, 5.41) is 8.28. The third kappa shape index (κ3) is 4.22. The molecule has 27 heavy (non-hydrogen) atoms. The third-order valence-electron chi connectivity index (χ3n) is 5.71. The molecule has 0 spiro atoms. The maximum absolute atomic E-state index is 12.8. The summed E-state index contributed by atoms with van der Waals surface area (Å²) in [7, 11) is 0. The number of hydrogen-bond acceptors (Lipinski definition) is 4. The lowest BCUT2D eigenvalue weighted by atomic mass is 9.92. The maximum atomic E-state index is 12.8. The number of fused-ring (bicyclic) bond motifs is 1. The first-order chi connectivity index (χ1) is 13.2. The number of amides is 2. The lowest BCUT2D eigenvalue weighted by molar-refractivity contribution is 0.0758. The van der Waals surface area contributed by atoms with E-state index in [1.807, 2.05) is 46.7 Å². The van der Waals surface area contributed by atoms with Gasteiger partial charge in [-0.25, -0.2) is 0 Å². The molecule has 2 fully saturated rings. The van der Waals surface area contributed by atoms with E-state index in [1.54, 1.807) is 0 Å². The normalized spacial score (nSPS) is 22.1. The zero-order valence-electron chi connectivity index (χ0n) is 15.3. The van der Waals surface area contributed by atoms with E-state index in [0.29, 0.717) is 11.4 Å². The summed E-state index contributed by atoms with van der Waals surface area (Å²) >= 11 is 1.43. The summed E-state index contributed by atoms with van der Waals surface area (Å²) in [4.78, 5) is 27.6. The Morgan fingerprint density at radius 2 is 1.78 bits per heavy atom. The van der Waals surface area contributed by atoms with E-state index < -0.39 is 0 Å². The summed E-state index contributed by atoms with van der Waals surface area (Å²) in [6.45, 7) is 4.35. The van der Waals surface area contributed by atoms with E-state index in [1.165, 1.54) is 11.3 Å². The highest BCUT2D eigenvalue weighted by molar-refractivity contribution is 7.12. The number of carbonyl (C=O) groups is 2. The Hall–Kier alpha value is -2.18. The van der Waals surface area contributed by atoms with E-state index in [-0.39, 0.29) is 11.8 Å². The van der Waals surface area contributed by atoms with E-state index >= 15 is 0 Å². The Kier molecular flexibility index (Phi) is 5.55. The fraction of sp³-hybridized carbons (Fsp3) is 0.429. The molecule has 2 atom stereocenters. The second-order valence-electron chi connectivity index (χ2n) is 7.40. The van der Waals surface area contributed by atoms with Crippen molar-refractivity contribution in [3.63, 3.8) is 0 Å². The summed E-state index contributed by atoms with van der Waals surface area (Å²) in [5.74, 6) is 1.50. The average molecular weight is 384 g/mol. The highest BCUT2D eigenvalue weighted by atomic mass is 32.1. The predicted molar refractivity (Wildman–Crippen MR) is 107 cm³/mol. The van der Waals surface area contributed by atoms with Crippen LogP contribution in [0.1, 0.15) is 38.4 Å². The number of nitrogens with zero attached hydrogens (tertiary/aromatic N) is 1. The molecule has 3 heterocycles. The van der Waals surface area contributed by atoms with Crippen molar-refractivity contribution >= 4 is 23.2 Å². The van der Waals surface area contributed by atoms with Crippen molar-refractivity contribution in [2.75, 3.05) is 26.2 Å². The van der Waals surface area contributed by atoms with Crippen LogP contribution in [0.2, 0.25) is 0 Å².